The largest absolute Gasteiger partial charge is 0.423 e. The van der Waals surface area contributed by atoms with Crippen molar-refractivity contribution in [2.75, 3.05) is 5.32 Å². The number of nitro groups is 1. The third kappa shape index (κ3) is 3.59. The summed E-state index contributed by atoms with van der Waals surface area (Å²) in [5, 5.41) is 12.9. The zero-order valence-corrected chi connectivity index (χ0v) is 12.1. The van der Waals surface area contributed by atoms with E-state index in [0.717, 1.165) is 16.7 Å². The Kier molecular flexibility index (Phi) is 4.40. The molecule has 0 aliphatic heterocycles. The van der Waals surface area contributed by atoms with Gasteiger partial charge in [-0.3, -0.25) is 19.7 Å². The van der Waals surface area contributed by atoms with E-state index >= 15 is 0 Å². The number of aryl methyl sites for hydroxylation is 1. The normalized spacial score (nSPS) is 11.2. The van der Waals surface area contributed by atoms with Gasteiger partial charge in [-0.1, -0.05) is 0 Å². The lowest BCUT2D eigenvalue weighted by atomic mass is 10.1. The van der Waals surface area contributed by atoms with E-state index in [0.29, 0.717) is 12.1 Å². The highest BCUT2D eigenvalue weighted by molar-refractivity contribution is 6.04. The molecular weight excluding hydrogens is 331 g/mol. The van der Waals surface area contributed by atoms with E-state index in [1.54, 1.807) is 0 Å². The van der Waals surface area contributed by atoms with Gasteiger partial charge < -0.3 is 9.88 Å². The van der Waals surface area contributed by atoms with Crippen molar-refractivity contribution in [1.29, 1.82) is 0 Å². The molecule has 0 aliphatic rings. The van der Waals surface area contributed by atoms with E-state index in [4.69, 9.17) is 0 Å². The molecule has 10 heteroatoms. The van der Waals surface area contributed by atoms with E-state index in [9.17, 15) is 32.9 Å². The van der Waals surface area contributed by atoms with Crippen LogP contribution < -0.4 is 10.9 Å². The van der Waals surface area contributed by atoms with Crippen LogP contribution in [-0.4, -0.2) is 15.4 Å². The molecule has 24 heavy (non-hydrogen) atoms. The molecule has 7 nitrogen and oxygen atoms in total. The summed E-state index contributed by atoms with van der Waals surface area (Å²) in [6.45, 7) is 0. The smallest absolute Gasteiger partial charge is 0.322 e. The highest BCUT2D eigenvalue weighted by Gasteiger charge is 2.38. The third-order valence-corrected chi connectivity index (χ3v) is 3.10. The van der Waals surface area contributed by atoms with Crippen LogP contribution in [0.5, 0.6) is 0 Å². The Morgan fingerprint density at radius 2 is 1.92 bits per heavy atom. The van der Waals surface area contributed by atoms with Gasteiger partial charge in [-0.15, -0.1) is 0 Å². The minimum atomic E-state index is -4.94. The Morgan fingerprint density at radius 1 is 1.25 bits per heavy atom. The van der Waals surface area contributed by atoms with Crippen molar-refractivity contribution in [3.63, 3.8) is 0 Å². The predicted molar refractivity (Wildman–Crippen MR) is 77.7 cm³/mol. The molecule has 2 aromatic rings. The van der Waals surface area contributed by atoms with Crippen molar-refractivity contribution < 1.29 is 22.9 Å². The first-order chi connectivity index (χ1) is 11.1. The molecule has 0 fully saturated rings. The van der Waals surface area contributed by atoms with Crippen molar-refractivity contribution in [2.45, 2.75) is 6.18 Å². The molecule has 0 radical (unpaired) electrons. The van der Waals surface area contributed by atoms with Gasteiger partial charge in [0.2, 0.25) is 5.56 Å². The lowest BCUT2D eigenvalue weighted by molar-refractivity contribution is -0.388. The Labute approximate surface area is 132 Å². The van der Waals surface area contributed by atoms with Crippen molar-refractivity contribution in [3.8, 4) is 0 Å². The molecule has 0 unspecified atom stereocenters. The first kappa shape index (κ1) is 17.2. The second-order valence-electron chi connectivity index (χ2n) is 4.81. The van der Waals surface area contributed by atoms with E-state index in [1.807, 2.05) is 0 Å². The molecule has 2 rings (SSSR count). The number of rotatable bonds is 3. The van der Waals surface area contributed by atoms with Crippen molar-refractivity contribution >= 4 is 17.3 Å². The number of alkyl halides is 3. The van der Waals surface area contributed by atoms with Gasteiger partial charge in [-0.25, -0.2) is 0 Å². The number of nitro benzene ring substituents is 1. The fourth-order valence-corrected chi connectivity index (χ4v) is 1.93. The molecule has 0 aliphatic carbocycles. The van der Waals surface area contributed by atoms with Gasteiger partial charge in [-0.2, -0.15) is 13.2 Å². The van der Waals surface area contributed by atoms with E-state index in [-0.39, 0.29) is 16.8 Å². The molecule has 0 spiro atoms. The van der Waals surface area contributed by atoms with E-state index < -0.39 is 28.3 Å². The van der Waals surface area contributed by atoms with Gasteiger partial charge in [0.25, 0.3) is 11.6 Å². The summed E-state index contributed by atoms with van der Waals surface area (Å²) in [7, 11) is 1.41. The number of nitrogens with one attached hydrogen (secondary N) is 1. The zero-order chi connectivity index (χ0) is 18.1. The number of anilines is 1. The fourth-order valence-electron chi connectivity index (χ4n) is 1.93. The van der Waals surface area contributed by atoms with Crippen LogP contribution in [-0.2, 0) is 13.2 Å². The summed E-state index contributed by atoms with van der Waals surface area (Å²) in [4.78, 5) is 32.8. The number of nitrogens with zero attached hydrogens (tertiary/aromatic N) is 2. The lowest BCUT2D eigenvalue weighted by Gasteiger charge is -2.11. The Hall–Kier alpha value is -3.17. The number of pyridine rings is 1. The second-order valence-corrected chi connectivity index (χ2v) is 4.81. The zero-order valence-electron chi connectivity index (χ0n) is 12.1. The third-order valence-electron chi connectivity index (χ3n) is 3.10. The molecule has 1 N–H and O–H groups in total. The maximum atomic E-state index is 12.9. The maximum absolute atomic E-state index is 12.9. The minimum absolute atomic E-state index is 0.0454. The average molecular weight is 341 g/mol. The Bertz CT molecular complexity index is 874. The molecule has 0 saturated carbocycles. The molecule has 0 bridgehead atoms. The number of carbonyl (C=O) groups is 1. The molecule has 1 aromatic heterocycles. The van der Waals surface area contributed by atoms with Crippen LogP contribution in [0.4, 0.5) is 24.5 Å². The SMILES string of the molecule is Cn1cc(C(=O)Nc2ccc([N+](=O)[O-])c(C(F)(F)F)c2)ccc1=O. The number of carbonyl (C=O) groups excluding carboxylic acids is 1. The van der Waals surface area contributed by atoms with Gasteiger partial charge in [0.05, 0.1) is 10.5 Å². The van der Waals surface area contributed by atoms with Crippen LogP contribution in [0.3, 0.4) is 0 Å². The number of benzene rings is 1. The topological polar surface area (TPSA) is 94.2 Å². The van der Waals surface area contributed by atoms with Crippen molar-refractivity contribution in [1.82, 2.24) is 4.57 Å². The number of halogens is 3. The molecule has 1 heterocycles. The van der Waals surface area contributed by atoms with E-state index in [2.05, 4.69) is 5.32 Å². The quantitative estimate of drug-likeness (QED) is 0.686. The molecule has 0 atom stereocenters. The Morgan fingerprint density at radius 3 is 2.46 bits per heavy atom. The maximum Gasteiger partial charge on any atom is 0.423 e. The number of aromatic nitrogens is 1. The summed E-state index contributed by atoms with van der Waals surface area (Å²) in [6.07, 6.45) is -3.73. The summed E-state index contributed by atoms with van der Waals surface area (Å²) < 4.78 is 39.8. The minimum Gasteiger partial charge on any atom is -0.322 e. The number of hydrogen-bond acceptors (Lipinski definition) is 4. The van der Waals surface area contributed by atoms with Crippen LogP contribution in [0.2, 0.25) is 0 Å². The van der Waals surface area contributed by atoms with Gasteiger partial charge in [-0.05, 0) is 18.2 Å². The van der Waals surface area contributed by atoms with Gasteiger partial charge in [0.1, 0.15) is 5.56 Å². The highest BCUT2D eigenvalue weighted by Crippen LogP contribution is 2.37. The van der Waals surface area contributed by atoms with Crippen molar-refractivity contribution in [2.24, 2.45) is 7.05 Å². The molecule has 0 saturated heterocycles. The van der Waals surface area contributed by atoms with E-state index in [1.165, 1.54) is 19.3 Å². The molecule has 126 valence electrons. The van der Waals surface area contributed by atoms with Crippen LogP contribution in [0.1, 0.15) is 15.9 Å². The van der Waals surface area contributed by atoms with Crippen LogP contribution in [0.25, 0.3) is 0 Å². The first-order valence-corrected chi connectivity index (χ1v) is 6.43. The number of amides is 1. The average Bonchev–Trinajstić information content (AvgIpc) is 2.48. The Balaban J connectivity index is 2.36. The summed E-state index contributed by atoms with van der Waals surface area (Å²) in [5.41, 5.74) is -3.15. The summed E-state index contributed by atoms with van der Waals surface area (Å²) >= 11 is 0. The van der Waals surface area contributed by atoms with Gasteiger partial charge in [0, 0.05) is 31.1 Å². The van der Waals surface area contributed by atoms with Crippen LogP contribution in [0.15, 0.2) is 41.3 Å². The summed E-state index contributed by atoms with van der Waals surface area (Å²) in [5.74, 6) is -0.757. The first-order valence-electron chi connectivity index (χ1n) is 6.43. The lowest BCUT2D eigenvalue weighted by Crippen LogP contribution is -2.19. The van der Waals surface area contributed by atoms with Crippen LogP contribution >= 0.6 is 0 Å². The van der Waals surface area contributed by atoms with Crippen molar-refractivity contribution in [3.05, 3.63) is 68.1 Å². The molecular formula is C14H10F3N3O4. The van der Waals surface area contributed by atoms with Crippen LogP contribution in [0, 0.1) is 10.1 Å². The molecule has 1 aromatic carbocycles. The van der Waals surface area contributed by atoms with Gasteiger partial charge in [0.15, 0.2) is 0 Å². The number of hydrogen-bond donors (Lipinski definition) is 1. The molecule has 1 amide bonds. The summed E-state index contributed by atoms with van der Waals surface area (Å²) in [6, 6.07) is 4.49. The monoisotopic (exact) mass is 341 g/mol. The predicted octanol–water partition coefficient (Wildman–Crippen LogP) is 2.56. The highest BCUT2D eigenvalue weighted by atomic mass is 19.4. The standard InChI is InChI=1S/C14H10F3N3O4/c1-19-7-8(2-5-12(19)21)13(22)18-9-3-4-11(20(23)24)10(6-9)14(15,16)17/h2-7H,1H3,(H,18,22). The van der Waals surface area contributed by atoms with Gasteiger partial charge >= 0.3 is 6.18 Å². The fraction of sp³-hybridized carbons (Fsp3) is 0.143. The second kappa shape index (κ2) is 6.14.